The number of nitrogens with zero attached hydrogens (tertiary/aromatic N) is 4. The number of nitrogens with one attached hydrogen (secondary N) is 2. The number of carbonyl (C=O) groups excluding carboxylic acids is 1. The summed E-state index contributed by atoms with van der Waals surface area (Å²) in [6.07, 6.45) is 5.84. The molecular formula is C19H24N6OS. The highest BCUT2D eigenvalue weighted by Gasteiger charge is 2.18. The lowest BCUT2D eigenvalue weighted by molar-refractivity contribution is 0.222. The van der Waals surface area contributed by atoms with E-state index in [2.05, 4.69) is 25.6 Å². The van der Waals surface area contributed by atoms with Crippen molar-refractivity contribution in [3.8, 4) is 0 Å². The molecule has 2 amide bonds. The van der Waals surface area contributed by atoms with Gasteiger partial charge in [-0.15, -0.1) is 0 Å². The van der Waals surface area contributed by atoms with Crippen LogP contribution in [0.25, 0.3) is 0 Å². The normalized spacial score (nSPS) is 14.0. The maximum Gasteiger partial charge on any atom is 0.321 e. The third kappa shape index (κ3) is 4.77. The lowest BCUT2D eigenvalue weighted by Gasteiger charge is -2.17. The van der Waals surface area contributed by atoms with E-state index in [0.29, 0.717) is 11.0 Å². The third-order valence-electron chi connectivity index (χ3n) is 4.33. The minimum atomic E-state index is -0.0500. The standard InChI is InChI=1S/C19H24N6OS/c1-13-16(12-20-2)17(24-18(21-13)27-3)22-14-7-6-8-15(11-14)23-19(26)25-9-4-5-10-25/h6-8,11-12H,4-5,9-10H2,1-3H3,(H,23,26)(H,21,22,24). The number of urea groups is 1. The molecule has 7 nitrogen and oxygen atoms in total. The number of aryl methyl sites for hydroxylation is 1. The summed E-state index contributed by atoms with van der Waals surface area (Å²) >= 11 is 1.49. The molecule has 3 rings (SSSR count). The maximum absolute atomic E-state index is 12.3. The first-order valence-electron chi connectivity index (χ1n) is 8.88. The highest BCUT2D eigenvalue weighted by molar-refractivity contribution is 7.98. The Morgan fingerprint density at radius 3 is 2.70 bits per heavy atom. The van der Waals surface area contributed by atoms with Gasteiger partial charge in [-0.2, -0.15) is 0 Å². The molecule has 142 valence electrons. The summed E-state index contributed by atoms with van der Waals surface area (Å²) in [4.78, 5) is 27.3. The minimum Gasteiger partial charge on any atom is -0.339 e. The summed E-state index contributed by atoms with van der Waals surface area (Å²) in [5.41, 5.74) is 3.30. The largest absolute Gasteiger partial charge is 0.339 e. The van der Waals surface area contributed by atoms with Crippen LogP contribution in [0.2, 0.25) is 0 Å². The van der Waals surface area contributed by atoms with Crippen LogP contribution in [0.5, 0.6) is 0 Å². The van der Waals surface area contributed by atoms with Crippen molar-refractivity contribution >= 4 is 41.2 Å². The van der Waals surface area contributed by atoms with Gasteiger partial charge in [-0.25, -0.2) is 14.8 Å². The van der Waals surface area contributed by atoms with Gasteiger partial charge >= 0.3 is 6.03 Å². The van der Waals surface area contributed by atoms with Gasteiger partial charge < -0.3 is 15.5 Å². The quantitative estimate of drug-likeness (QED) is 0.464. The molecule has 2 heterocycles. The van der Waals surface area contributed by atoms with E-state index in [0.717, 1.165) is 48.6 Å². The fourth-order valence-corrected chi connectivity index (χ4v) is 3.37. The van der Waals surface area contributed by atoms with E-state index in [4.69, 9.17) is 0 Å². The highest BCUT2D eigenvalue weighted by atomic mass is 32.2. The summed E-state index contributed by atoms with van der Waals surface area (Å²) in [7, 11) is 1.72. The van der Waals surface area contributed by atoms with Crippen LogP contribution in [0.1, 0.15) is 24.1 Å². The van der Waals surface area contributed by atoms with Crippen LogP contribution in [0.15, 0.2) is 34.4 Å². The Bertz CT molecular complexity index is 848. The lowest BCUT2D eigenvalue weighted by atomic mass is 10.2. The molecular weight excluding hydrogens is 360 g/mol. The van der Waals surface area contributed by atoms with Crippen molar-refractivity contribution in [2.75, 3.05) is 37.0 Å². The number of aliphatic imine (C=N–C) groups is 1. The predicted molar refractivity (Wildman–Crippen MR) is 112 cm³/mol. The van der Waals surface area contributed by atoms with E-state index in [1.54, 1.807) is 13.3 Å². The van der Waals surface area contributed by atoms with Gasteiger partial charge in [0.2, 0.25) is 0 Å². The summed E-state index contributed by atoms with van der Waals surface area (Å²) < 4.78 is 0. The van der Waals surface area contributed by atoms with E-state index in [-0.39, 0.29) is 6.03 Å². The van der Waals surface area contributed by atoms with Crippen molar-refractivity contribution in [1.29, 1.82) is 0 Å². The Morgan fingerprint density at radius 1 is 1.26 bits per heavy atom. The van der Waals surface area contributed by atoms with Crippen molar-refractivity contribution in [2.45, 2.75) is 24.9 Å². The summed E-state index contributed by atoms with van der Waals surface area (Å²) in [5.74, 6) is 0.695. The maximum atomic E-state index is 12.3. The SMILES string of the molecule is CN=Cc1c(C)nc(SC)nc1Nc1cccc(NC(=O)N2CCCC2)c1. The molecule has 1 fully saturated rings. The zero-order valence-corrected chi connectivity index (χ0v) is 16.6. The van der Waals surface area contributed by atoms with Crippen LogP contribution < -0.4 is 10.6 Å². The molecule has 0 aliphatic carbocycles. The number of anilines is 3. The van der Waals surface area contributed by atoms with E-state index >= 15 is 0 Å². The fraction of sp³-hybridized carbons (Fsp3) is 0.368. The van der Waals surface area contributed by atoms with Gasteiger partial charge in [0.1, 0.15) is 5.82 Å². The number of likely N-dealkylation sites (tertiary alicyclic amines) is 1. The molecule has 1 aliphatic rings. The Kier molecular flexibility index (Phi) is 6.28. The number of thioether (sulfide) groups is 1. The molecule has 1 aromatic carbocycles. The second kappa shape index (κ2) is 8.85. The first-order valence-corrected chi connectivity index (χ1v) is 10.1. The van der Waals surface area contributed by atoms with E-state index in [1.165, 1.54) is 11.8 Å². The Labute approximate surface area is 163 Å². The first-order chi connectivity index (χ1) is 13.1. The van der Waals surface area contributed by atoms with Gasteiger partial charge in [0.15, 0.2) is 5.16 Å². The fourth-order valence-electron chi connectivity index (χ4n) is 2.96. The summed E-state index contributed by atoms with van der Waals surface area (Å²) in [5, 5.41) is 7.00. The van der Waals surface area contributed by atoms with Gasteiger partial charge in [0.05, 0.1) is 11.3 Å². The molecule has 0 unspecified atom stereocenters. The van der Waals surface area contributed by atoms with Crippen molar-refractivity contribution in [2.24, 2.45) is 4.99 Å². The number of carbonyl (C=O) groups is 1. The molecule has 0 saturated carbocycles. The van der Waals surface area contributed by atoms with E-state index in [1.807, 2.05) is 42.3 Å². The second-order valence-electron chi connectivity index (χ2n) is 6.28. The van der Waals surface area contributed by atoms with Gasteiger partial charge in [-0.05, 0) is 44.2 Å². The molecule has 27 heavy (non-hydrogen) atoms. The molecule has 8 heteroatoms. The Hall–Kier alpha value is -2.61. The Balaban J connectivity index is 1.81. The number of hydrogen-bond donors (Lipinski definition) is 2. The zero-order valence-electron chi connectivity index (χ0n) is 15.8. The van der Waals surface area contributed by atoms with Crippen molar-refractivity contribution in [1.82, 2.24) is 14.9 Å². The number of amides is 2. The average Bonchev–Trinajstić information content (AvgIpc) is 3.19. The Morgan fingerprint density at radius 2 is 2.00 bits per heavy atom. The number of benzene rings is 1. The third-order valence-corrected chi connectivity index (χ3v) is 4.87. The van der Waals surface area contributed by atoms with Crippen molar-refractivity contribution < 1.29 is 4.79 Å². The number of rotatable bonds is 5. The van der Waals surface area contributed by atoms with Crippen LogP contribution in [-0.2, 0) is 0 Å². The molecule has 0 atom stereocenters. The topological polar surface area (TPSA) is 82.5 Å². The molecule has 0 bridgehead atoms. The summed E-state index contributed by atoms with van der Waals surface area (Å²) in [6, 6.07) is 7.57. The van der Waals surface area contributed by atoms with E-state index < -0.39 is 0 Å². The predicted octanol–water partition coefficient (Wildman–Crippen LogP) is 3.93. The average molecular weight is 385 g/mol. The van der Waals surface area contributed by atoms with E-state index in [9.17, 15) is 4.79 Å². The van der Waals surface area contributed by atoms with Crippen molar-refractivity contribution in [3.63, 3.8) is 0 Å². The monoisotopic (exact) mass is 384 g/mol. The number of hydrogen-bond acceptors (Lipinski definition) is 6. The lowest BCUT2D eigenvalue weighted by Crippen LogP contribution is -2.32. The van der Waals surface area contributed by atoms with Crippen LogP contribution >= 0.6 is 11.8 Å². The smallest absolute Gasteiger partial charge is 0.321 e. The molecule has 2 N–H and O–H groups in total. The molecule has 0 spiro atoms. The molecule has 1 aliphatic heterocycles. The van der Waals surface area contributed by atoms with Crippen LogP contribution in [0.4, 0.5) is 22.0 Å². The van der Waals surface area contributed by atoms with Gasteiger partial charge in [-0.1, -0.05) is 17.8 Å². The van der Waals surface area contributed by atoms with Gasteiger partial charge in [0, 0.05) is 37.7 Å². The highest BCUT2D eigenvalue weighted by Crippen LogP contribution is 2.24. The number of aromatic nitrogens is 2. The molecule has 1 saturated heterocycles. The van der Waals surface area contributed by atoms with Crippen LogP contribution in [0.3, 0.4) is 0 Å². The summed E-state index contributed by atoms with van der Waals surface area (Å²) in [6.45, 7) is 3.58. The minimum absolute atomic E-state index is 0.0500. The van der Waals surface area contributed by atoms with Gasteiger partial charge in [0.25, 0.3) is 0 Å². The molecule has 1 aromatic heterocycles. The zero-order chi connectivity index (χ0) is 19.2. The molecule has 2 aromatic rings. The van der Waals surface area contributed by atoms with Crippen LogP contribution in [0, 0.1) is 6.92 Å². The van der Waals surface area contributed by atoms with Gasteiger partial charge in [-0.3, -0.25) is 4.99 Å². The van der Waals surface area contributed by atoms with Crippen molar-refractivity contribution in [3.05, 3.63) is 35.5 Å². The molecule has 0 radical (unpaired) electrons. The first kappa shape index (κ1) is 19.2. The van der Waals surface area contributed by atoms with Crippen LogP contribution in [-0.4, -0.2) is 53.5 Å². The second-order valence-corrected chi connectivity index (χ2v) is 7.05.